The van der Waals surface area contributed by atoms with Crippen LogP contribution in [0.3, 0.4) is 0 Å². The Labute approximate surface area is 141 Å². The number of amides is 3. The molecule has 0 aromatic heterocycles. The van der Waals surface area contributed by atoms with E-state index in [4.69, 9.17) is 0 Å². The van der Waals surface area contributed by atoms with E-state index in [-0.39, 0.29) is 17.7 Å². The minimum atomic E-state index is -0.219. The standard InChI is InChI=1S/C18H23N3O3/c22-16(12-19-11-13-7-8-13)20-9-3-4-10-21-17(23)14-5-1-2-6-15(14)18(21)24/h1-2,5-6,13,19H,3-4,7-12H2,(H,20,22). The highest BCUT2D eigenvalue weighted by atomic mass is 16.2. The molecule has 0 spiro atoms. The van der Waals surface area contributed by atoms with Gasteiger partial charge in [-0.25, -0.2) is 0 Å². The number of benzene rings is 1. The molecule has 3 amide bonds. The second kappa shape index (κ2) is 7.57. The number of rotatable bonds is 9. The van der Waals surface area contributed by atoms with Gasteiger partial charge >= 0.3 is 0 Å². The lowest BCUT2D eigenvalue weighted by molar-refractivity contribution is -0.120. The first-order valence-electron chi connectivity index (χ1n) is 8.59. The van der Waals surface area contributed by atoms with Gasteiger partial charge in [0.15, 0.2) is 0 Å². The molecule has 3 rings (SSSR count). The van der Waals surface area contributed by atoms with Crippen LogP contribution in [0.2, 0.25) is 0 Å². The van der Waals surface area contributed by atoms with Crippen LogP contribution >= 0.6 is 0 Å². The summed E-state index contributed by atoms with van der Waals surface area (Å²) in [6.45, 7) is 2.23. The molecule has 2 aliphatic rings. The van der Waals surface area contributed by atoms with E-state index in [9.17, 15) is 14.4 Å². The first-order chi connectivity index (χ1) is 11.7. The Morgan fingerprint density at radius 3 is 2.38 bits per heavy atom. The van der Waals surface area contributed by atoms with Gasteiger partial charge in [-0.15, -0.1) is 0 Å². The number of fused-ring (bicyclic) bond motifs is 1. The van der Waals surface area contributed by atoms with Gasteiger partial charge in [0.1, 0.15) is 0 Å². The van der Waals surface area contributed by atoms with Crippen LogP contribution in [-0.4, -0.2) is 48.8 Å². The van der Waals surface area contributed by atoms with Gasteiger partial charge in [0.25, 0.3) is 11.8 Å². The summed E-state index contributed by atoms with van der Waals surface area (Å²) in [7, 11) is 0. The summed E-state index contributed by atoms with van der Waals surface area (Å²) in [5.41, 5.74) is 0.968. The lowest BCUT2D eigenvalue weighted by Gasteiger charge is -2.13. The summed E-state index contributed by atoms with van der Waals surface area (Å²) in [5.74, 6) is 0.321. The van der Waals surface area contributed by atoms with Gasteiger partial charge in [0.05, 0.1) is 17.7 Å². The Kier molecular flexibility index (Phi) is 5.25. The van der Waals surface area contributed by atoms with Crippen molar-refractivity contribution in [2.75, 3.05) is 26.2 Å². The quantitative estimate of drug-likeness (QED) is 0.527. The Morgan fingerprint density at radius 1 is 1.08 bits per heavy atom. The van der Waals surface area contributed by atoms with Crippen LogP contribution in [0, 0.1) is 5.92 Å². The fraction of sp³-hybridized carbons (Fsp3) is 0.500. The Morgan fingerprint density at radius 2 is 1.75 bits per heavy atom. The average molecular weight is 329 g/mol. The van der Waals surface area contributed by atoms with Gasteiger partial charge in [-0.1, -0.05) is 12.1 Å². The van der Waals surface area contributed by atoms with Crippen LogP contribution in [-0.2, 0) is 4.79 Å². The molecule has 1 aromatic rings. The van der Waals surface area contributed by atoms with Crippen LogP contribution in [0.5, 0.6) is 0 Å². The second-order valence-corrected chi connectivity index (χ2v) is 6.44. The summed E-state index contributed by atoms with van der Waals surface area (Å²) < 4.78 is 0. The maximum atomic E-state index is 12.2. The van der Waals surface area contributed by atoms with E-state index in [1.54, 1.807) is 24.3 Å². The maximum Gasteiger partial charge on any atom is 0.261 e. The molecule has 128 valence electrons. The smallest absolute Gasteiger partial charge is 0.261 e. The van der Waals surface area contributed by atoms with Crippen molar-refractivity contribution in [2.45, 2.75) is 25.7 Å². The van der Waals surface area contributed by atoms with Gasteiger partial charge in [-0.2, -0.15) is 0 Å². The number of imide groups is 1. The van der Waals surface area contributed by atoms with Crippen LogP contribution in [0.1, 0.15) is 46.4 Å². The van der Waals surface area contributed by atoms with Gasteiger partial charge in [-0.3, -0.25) is 19.3 Å². The fourth-order valence-electron chi connectivity index (χ4n) is 2.84. The predicted molar refractivity (Wildman–Crippen MR) is 89.6 cm³/mol. The largest absolute Gasteiger partial charge is 0.355 e. The summed E-state index contributed by atoms with van der Waals surface area (Å²) in [4.78, 5) is 37.3. The highest BCUT2D eigenvalue weighted by molar-refractivity contribution is 6.21. The molecule has 0 bridgehead atoms. The molecule has 1 heterocycles. The third-order valence-corrected chi connectivity index (χ3v) is 4.42. The van der Waals surface area contributed by atoms with E-state index < -0.39 is 0 Å². The highest BCUT2D eigenvalue weighted by Gasteiger charge is 2.34. The molecule has 6 heteroatoms. The van der Waals surface area contributed by atoms with Gasteiger partial charge in [-0.05, 0) is 50.3 Å². The SMILES string of the molecule is O=C(CNCC1CC1)NCCCCN1C(=O)c2ccccc2C1=O. The first-order valence-corrected chi connectivity index (χ1v) is 8.59. The van der Waals surface area contributed by atoms with Crippen molar-refractivity contribution in [2.24, 2.45) is 5.92 Å². The van der Waals surface area contributed by atoms with E-state index in [0.717, 1.165) is 18.9 Å². The van der Waals surface area contributed by atoms with Crippen molar-refractivity contribution in [3.63, 3.8) is 0 Å². The molecule has 1 aromatic carbocycles. The third-order valence-electron chi connectivity index (χ3n) is 4.42. The normalized spacial score (nSPS) is 16.4. The van der Waals surface area contributed by atoms with Crippen LogP contribution < -0.4 is 10.6 Å². The van der Waals surface area contributed by atoms with Crippen molar-refractivity contribution in [3.05, 3.63) is 35.4 Å². The molecule has 0 radical (unpaired) electrons. The molecule has 1 saturated carbocycles. The van der Waals surface area contributed by atoms with Crippen molar-refractivity contribution in [3.8, 4) is 0 Å². The molecule has 1 fully saturated rings. The van der Waals surface area contributed by atoms with Crippen molar-refractivity contribution in [1.82, 2.24) is 15.5 Å². The minimum absolute atomic E-state index is 0.00335. The average Bonchev–Trinajstić information content (AvgIpc) is 3.37. The van der Waals surface area contributed by atoms with Crippen molar-refractivity contribution >= 4 is 17.7 Å². The molecule has 1 aliphatic carbocycles. The summed E-state index contributed by atoms with van der Waals surface area (Å²) in [6, 6.07) is 6.90. The van der Waals surface area contributed by atoms with E-state index in [1.807, 2.05) is 0 Å². The third kappa shape index (κ3) is 4.00. The van der Waals surface area contributed by atoms with Crippen molar-refractivity contribution < 1.29 is 14.4 Å². The van der Waals surface area contributed by atoms with Gasteiger partial charge < -0.3 is 10.6 Å². The summed E-state index contributed by atoms with van der Waals surface area (Å²) in [6.07, 6.45) is 3.96. The van der Waals surface area contributed by atoms with Crippen LogP contribution in [0.15, 0.2) is 24.3 Å². The molecule has 0 unspecified atom stereocenters. The number of unbranched alkanes of at least 4 members (excludes halogenated alkanes) is 1. The Bertz CT molecular complexity index is 605. The highest BCUT2D eigenvalue weighted by Crippen LogP contribution is 2.27. The topological polar surface area (TPSA) is 78.5 Å². The summed E-state index contributed by atoms with van der Waals surface area (Å²) >= 11 is 0. The predicted octanol–water partition coefficient (Wildman–Crippen LogP) is 1.18. The second-order valence-electron chi connectivity index (χ2n) is 6.44. The Balaban J connectivity index is 1.31. The fourth-order valence-corrected chi connectivity index (χ4v) is 2.84. The van der Waals surface area contributed by atoms with Gasteiger partial charge in [0, 0.05) is 13.1 Å². The minimum Gasteiger partial charge on any atom is -0.355 e. The van der Waals surface area contributed by atoms with Gasteiger partial charge in [0.2, 0.25) is 5.91 Å². The lowest BCUT2D eigenvalue weighted by Crippen LogP contribution is -2.35. The molecule has 0 atom stereocenters. The monoisotopic (exact) mass is 329 g/mol. The number of hydrogen-bond acceptors (Lipinski definition) is 4. The number of hydrogen-bond donors (Lipinski definition) is 2. The van der Waals surface area contributed by atoms with Crippen molar-refractivity contribution in [1.29, 1.82) is 0 Å². The van der Waals surface area contributed by atoms with E-state index in [2.05, 4.69) is 10.6 Å². The van der Waals surface area contributed by atoms with Crippen LogP contribution in [0.25, 0.3) is 0 Å². The first kappa shape index (κ1) is 16.6. The zero-order valence-electron chi connectivity index (χ0n) is 13.7. The molecular weight excluding hydrogens is 306 g/mol. The lowest BCUT2D eigenvalue weighted by atomic mass is 10.1. The zero-order chi connectivity index (χ0) is 16.9. The molecule has 6 nitrogen and oxygen atoms in total. The maximum absolute atomic E-state index is 12.2. The molecule has 1 aliphatic heterocycles. The van der Waals surface area contributed by atoms with E-state index in [1.165, 1.54) is 17.7 Å². The number of carbonyl (C=O) groups excluding carboxylic acids is 3. The number of carbonyl (C=O) groups is 3. The molecule has 2 N–H and O–H groups in total. The Hall–Kier alpha value is -2.21. The number of nitrogens with zero attached hydrogens (tertiary/aromatic N) is 1. The summed E-state index contributed by atoms with van der Waals surface area (Å²) in [5, 5.41) is 6.00. The molecular formula is C18H23N3O3. The van der Waals surface area contributed by atoms with E-state index in [0.29, 0.717) is 37.2 Å². The number of nitrogens with one attached hydrogen (secondary N) is 2. The van der Waals surface area contributed by atoms with E-state index >= 15 is 0 Å². The molecule has 0 saturated heterocycles. The molecule has 24 heavy (non-hydrogen) atoms. The zero-order valence-corrected chi connectivity index (χ0v) is 13.7. The van der Waals surface area contributed by atoms with Crippen LogP contribution in [0.4, 0.5) is 0 Å².